The molecular formula is C12H18O8. The lowest BCUT2D eigenvalue weighted by Crippen LogP contribution is -2.57. The molecule has 0 aliphatic carbocycles. The molecule has 1 saturated heterocycles. The third kappa shape index (κ3) is 4.78. The van der Waals surface area contributed by atoms with Gasteiger partial charge in [0.1, 0.15) is 18.8 Å². The van der Waals surface area contributed by atoms with E-state index < -0.39 is 42.3 Å². The summed E-state index contributed by atoms with van der Waals surface area (Å²) in [6.07, 6.45) is -4.04. The minimum absolute atomic E-state index is 0.123. The Morgan fingerprint density at radius 1 is 1.05 bits per heavy atom. The minimum Gasteiger partial charge on any atom is -0.463 e. The van der Waals surface area contributed by atoms with Gasteiger partial charge in [-0.25, -0.2) is 0 Å². The fraction of sp³-hybridized carbons (Fsp3) is 0.750. The van der Waals surface area contributed by atoms with Crippen LogP contribution in [0.1, 0.15) is 20.8 Å². The van der Waals surface area contributed by atoms with Crippen LogP contribution in [-0.4, -0.2) is 60.6 Å². The first-order chi connectivity index (χ1) is 9.31. The summed E-state index contributed by atoms with van der Waals surface area (Å²) >= 11 is 0. The number of ether oxygens (including phenoxy) is 4. The monoisotopic (exact) mass is 290 g/mol. The van der Waals surface area contributed by atoms with Crippen molar-refractivity contribution in [1.82, 2.24) is 0 Å². The summed E-state index contributed by atoms with van der Waals surface area (Å²) < 4.78 is 20.1. The number of rotatable bonds is 4. The van der Waals surface area contributed by atoms with E-state index in [9.17, 15) is 19.5 Å². The standard InChI is InChI=1S/C12H18O8/c1-6(13)17-5-10-12(20-8(3)15)11(19-7(2)14)9(16)4-18-10/h9-12,16H,4-5H2,1-3H3/t9-,10+,11+,12+/m0/s1. The van der Waals surface area contributed by atoms with Crippen molar-refractivity contribution in [2.75, 3.05) is 13.2 Å². The Bertz CT molecular complexity index is 380. The van der Waals surface area contributed by atoms with E-state index in [0.29, 0.717) is 0 Å². The molecule has 0 unspecified atom stereocenters. The maximum Gasteiger partial charge on any atom is 0.303 e. The predicted molar refractivity (Wildman–Crippen MR) is 63.5 cm³/mol. The topological polar surface area (TPSA) is 108 Å². The SMILES string of the molecule is CC(=O)OC[C@H]1OC[C@H](O)[C@@H](OC(C)=O)[C@@H]1OC(C)=O. The second-order valence-electron chi connectivity index (χ2n) is 4.39. The first-order valence-electron chi connectivity index (χ1n) is 6.08. The highest BCUT2D eigenvalue weighted by molar-refractivity contribution is 5.67. The van der Waals surface area contributed by atoms with Gasteiger partial charge in [0.25, 0.3) is 0 Å². The molecule has 1 rings (SSSR count). The zero-order valence-electron chi connectivity index (χ0n) is 11.5. The van der Waals surface area contributed by atoms with Gasteiger partial charge in [-0.15, -0.1) is 0 Å². The van der Waals surface area contributed by atoms with Gasteiger partial charge in [0, 0.05) is 20.8 Å². The summed E-state index contributed by atoms with van der Waals surface area (Å²) in [5.41, 5.74) is 0. The van der Waals surface area contributed by atoms with Gasteiger partial charge in [-0.1, -0.05) is 0 Å². The van der Waals surface area contributed by atoms with E-state index in [1.165, 1.54) is 20.8 Å². The highest BCUT2D eigenvalue weighted by Crippen LogP contribution is 2.22. The van der Waals surface area contributed by atoms with Crippen molar-refractivity contribution in [1.29, 1.82) is 0 Å². The smallest absolute Gasteiger partial charge is 0.303 e. The molecule has 0 amide bonds. The number of esters is 3. The van der Waals surface area contributed by atoms with Crippen molar-refractivity contribution in [3.8, 4) is 0 Å². The molecule has 8 heteroatoms. The van der Waals surface area contributed by atoms with E-state index >= 15 is 0 Å². The maximum atomic E-state index is 11.1. The Morgan fingerprint density at radius 3 is 2.10 bits per heavy atom. The van der Waals surface area contributed by atoms with E-state index in [0.717, 1.165) is 0 Å². The van der Waals surface area contributed by atoms with E-state index in [1.807, 2.05) is 0 Å². The van der Waals surface area contributed by atoms with Gasteiger partial charge < -0.3 is 24.1 Å². The van der Waals surface area contributed by atoms with Crippen molar-refractivity contribution < 1.29 is 38.4 Å². The first kappa shape index (κ1) is 16.4. The van der Waals surface area contributed by atoms with E-state index in [1.54, 1.807) is 0 Å². The number of carbonyl (C=O) groups is 3. The van der Waals surface area contributed by atoms with Crippen LogP contribution in [0.4, 0.5) is 0 Å². The van der Waals surface area contributed by atoms with E-state index in [4.69, 9.17) is 18.9 Å². The lowest BCUT2D eigenvalue weighted by Gasteiger charge is -2.38. The fourth-order valence-corrected chi connectivity index (χ4v) is 1.86. The summed E-state index contributed by atoms with van der Waals surface area (Å²) in [7, 11) is 0. The lowest BCUT2D eigenvalue weighted by atomic mass is 10.00. The van der Waals surface area contributed by atoms with Crippen LogP contribution < -0.4 is 0 Å². The molecule has 0 aromatic heterocycles. The van der Waals surface area contributed by atoms with E-state index in [2.05, 4.69) is 0 Å². The fourth-order valence-electron chi connectivity index (χ4n) is 1.86. The Hall–Kier alpha value is -1.67. The first-order valence-corrected chi connectivity index (χ1v) is 6.08. The van der Waals surface area contributed by atoms with Crippen molar-refractivity contribution in [2.24, 2.45) is 0 Å². The second kappa shape index (κ2) is 7.20. The maximum absolute atomic E-state index is 11.1. The number of aliphatic hydroxyl groups is 1. The molecular weight excluding hydrogens is 272 g/mol. The molecule has 0 spiro atoms. The van der Waals surface area contributed by atoms with Crippen LogP contribution >= 0.6 is 0 Å². The third-order valence-electron chi connectivity index (χ3n) is 2.61. The molecule has 1 aliphatic heterocycles. The zero-order chi connectivity index (χ0) is 15.3. The Kier molecular flexibility index (Phi) is 5.90. The molecule has 0 aromatic carbocycles. The largest absolute Gasteiger partial charge is 0.463 e. The molecule has 20 heavy (non-hydrogen) atoms. The molecule has 0 radical (unpaired) electrons. The van der Waals surface area contributed by atoms with Crippen LogP contribution in [0.2, 0.25) is 0 Å². The Balaban J connectivity index is 2.83. The van der Waals surface area contributed by atoms with Crippen LogP contribution in [-0.2, 0) is 33.3 Å². The molecule has 1 heterocycles. The molecule has 4 atom stereocenters. The predicted octanol–water partition coefficient (Wildman–Crippen LogP) is -0.827. The van der Waals surface area contributed by atoms with Crippen LogP contribution in [0, 0.1) is 0 Å². The lowest BCUT2D eigenvalue weighted by molar-refractivity contribution is -0.225. The van der Waals surface area contributed by atoms with Gasteiger partial charge in [0.05, 0.1) is 6.61 Å². The molecule has 1 fully saturated rings. The molecule has 8 nitrogen and oxygen atoms in total. The quantitative estimate of drug-likeness (QED) is 0.528. The van der Waals surface area contributed by atoms with Crippen LogP contribution in [0.15, 0.2) is 0 Å². The van der Waals surface area contributed by atoms with Gasteiger partial charge in [-0.3, -0.25) is 14.4 Å². The van der Waals surface area contributed by atoms with E-state index in [-0.39, 0.29) is 13.2 Å². The molecule has 1 aliphatic rings. The summed E-state index contributed by atoms with van der Waals surface area (Å²) in [6, 6.07) is 0. The summed E-state index contributed by atoms with van der Waals surface area (Å²) in [4.78, 5) is 33.0. The van der Waals surface area contributed by atoms with Gasteiger partial charge in [-0.2, -0.15) is 0 Å². The van der Waals surface area contributed by atoms with Crippen molar-refractivity contribution >= 4 is 17.9 Å². The number of hydrogen-bond donors (Lipinski definition) is 1. The summed E-state index contributed by atoms with van der Waals surface area (Å²) in [5.74, 6) is -1.78. The normalized spacial score (nSPS) is 29.4. The Morgan fingerprint density at radius 2 is 1.60 bits per heavy atom. The van der Waals surface area contributed by atoms with Crippen molar-refractivity contribution in [3.63, 3.8) is 0 Å². The number of aliphatic hydroxyl groups excluding tert-OH is 1. The van der Waals surface area contributed by atoms with Gasteiger partial charge >= 0.3 is 17.9 Å². The van der Waals surface area contributed by atoms with Gasteiger partial charge in [-0.05, 0) is 0 Å². The Labute approximate surface area is 115 Å². The van der Waals surface area contributed by atoms with Crippen molar-refractivity contribution in [3.05, 3.63) is 0 Å². The average Bonchev–Trinajstić information content (AvgIpc) is 2.31. The zero-order valence-corrected chi connectivity index (χ0v) is 11.5. The van der Waals surface area contributed by atoms with Crippen LogP contribution in [0.25, 0.3) is 0 Å². The van der Waals surface area contributed by atoms with Crippen molar-refractivity contribution in [2.45, 2.75) is 45.2 Å². The number of carbonyl (C=O) groups excluding carboxylic acids is 3. The molecule has 0 saturated carbocycles. The summed E-state index contributed by atoms with van der Waals surface area (Å²) in [6.45, 7) is 3.28. The molecule has 114 valence electrons. The average molecular weight is 290 g/mol. The summed E-state index contributed by atoms with van der Waals surface area (Å²) in [5, 5.41) is 9.80. The molecule has 0 bridgehead atoms. The minimum atomic E-state index is -1.13. The van der Waals surface area contributed by atoms with Crippen LogP contribution in [0.3, 0.4) is 0 Å². The van der Waals surface area contributed by atoms with Gasteiger partial charge in [0.2, 0.25) is 0 Å². The second-order valence-corrected chi connectivity index (χ2v) is 4.39. The highest BCUT2D eigenvalue weighted by Gasteiger charge is 2.44. The van der Waals surface area contributed by atoms with Gasteiger partial charge in [0.15, 0.2) is 12.2 Å². The highest BCUT2D eigenvalue weighted by atomic mass is 16.6. The molecule has 0 aromatic rings. The third-order valence-corrected chi connectivity index (χ3v) is 2.61. The molecule has 1 N–H and O–H groups in total. The number of hydrogen-bond acceptors (Lipinski definition) is 8. The van der Waals surface area contributed by atoms with Crippen LogP contribution in [0.5, 0.6) is 0 Å².